The molecule has 1 aliphatic heterocycles. The topological polar surface area (TPSA) is 95.7 Å². The Balaban J connectivity index is 0.00000300. The maximum Gasteiger partial charge on any atom is 0.326 e. The average molecular weight is 459 g/mol. The second-order valence-corrected chi connectivity index (χ2v) is 7.57. The number of benzene rings is 2. The van der Waals surface area contributed by atoms with Gasteiger partial charge in [-0.05, 0) is 42.8 Å². The largest absolute Gasteiger partial charge is 0.480 e. The van der Waals surface area contributed by atoms with Crippen LogP contribution in [0.2, 0.25) is 10.0 Å². The molecular formula is C20H22Cl3N3O3. The zero-order chi connectivity index (χ0) is 20.4. The van der Waals surface area contributed by atoms with Gasteiger partial charge in [-0.1, -0.05) is 35.3 Å². The van der Waals surface area contributed by atoms with E-state index in [-0.39, 0.29) is 24.7 Å². The summed E-state index contributed by atoms with van der Waals surface area (Å²) in [7, 11) is 0. The predicted octanol–water partition coefficient (Wildman–Crippen LogP) is 4.28. The van der Waals surface area contributed by atoms with E-state index in [1.807, 2.05) is 24.3 Å². The van der Waals surface area contributed by atoms with Gasteiger partial charge in [0.15, 0.2) is 0 Å². The number of halogens is 3. The smallest absolute Gasteiger partial charge is 0.326 e. The first-order chi connectivity index (χ1) is 13.3. The van der Waals surface area contributed by atoms with Gasteiger partial charge in [0.2, 0.25) is 5.91 Å². The number of nitrogens with one attached hydrogen (secondary N) is 1. The first kappa shape index (κ1) is 23.3. The highest BCUT2D eigenvalue weighted by Gasteiger charge is 2.37. The molecule has 29 heavy (non-hydrogen) atoms. The molecular weight excluding hydrogens is 437 g/mol. The van der Waals surface area contributed by atoms with Gasteiger partial charge >= 0.3 is 5.97 Å². The number of carboxylic acids is 1. The molecule has 4 N–H and O–H groups in total. The molecule has 1 heterocycles. The summed E-state index contributed by atoms with van der Waals surface area (Å²) in [5.74, 6) is -1.21. The fourth-order valence-electron chi connectivity index (χ4n) is 3.60. The highest BCUT2D eigenvalue weighted by atomic mass is 35.5. The molecule has 0 fully saturated rings. The van der Waals surface area contributed by atoms with Crippen LogP contribution in [-0.2, 0) is 16.0 Å². The third-order valence-electron chi connectivity index (χ3n) is 4.81. The molecule has 0 saturated heterocycles. The van der Waals surface area contributed by atoms with Gasteiger partial charge in [-0.15, -0.1) is 12.4 Å². The number of nitrogens with two attached hydrogens (primary N) is 1. The number of aliphatic carboxylic acids is 1. The van der Waals surface area contributed by atoms with E-state index in [0.717, 1.165) is 12.0 Å². The number of carboxylic acid groups (broad SMARTS) is 1. The number of rotatable bonds is 5. The van der Waals surface area contributed by atoms with Crippen molar-refractivity contribution in [3.8, 4) is 0 Å². The molecule has 0 bridgehead atoms. The van der Waals surface area contributed by atoms with Crippen LogP contribution in [0, 0.1) is 0 Å². The van der Waals surface area contributed by atoms with E-state index in [1.54, 1.807) is 17.0 Å². The molecule has 2 aromatic carbocycles. The van der Waals surface area contributed by atoms with Crippen molar-refractivity contribution in [1.29, 1.82) is 0 Å². The first-order valence-corrected chi connectivity index (χ1v) is 9.64. The molecule has 156 valence electrons. The average Bonchev–Trinajstić information content (AvgIpc) is 2.62. The van der Waals surface area contributed by atoms with E-state index in [4.69, 9.17) is 28.9 Å². The lowest BCUT2D eigenvalue weighted by Crippen LogP contribution is -2.43. The highest BCUT2D eigenvalue weighted by Crippen LogP contribution is 2.44. The number of carbonyl (C=O) groups excluding carboxylic acids is 1. The van der Waals surface area contributed by atoms with Crippen LogP contribution >= 0.6 is 35.6 Å². The molecule has 2 atom stereocenters. The Morgan fingerprint density at radius 1 is 1.24 bits per heavy atom. The van der Waals surface area contributed by atoms with E-state index in [1.165, 1.54) is 6.92 Å². The number of amides is 1. The van der Waals surface area contributed by atoms with Crippen molar-refractivity contribution in [2.24, 2.45) is 5.73 Å². The summed E-state index contributed by atoms with van der Waals surface area (Å²) in [5, 5.41) is 13.3. The Morgan fingerprint density at radius 3 is 2.45 bits per heavy atom. The standard InChI is InChI=1S/C20H21Cl2N3O3.ClH/c1-11(26)25(14-4-2-12(3-5-14)6-7-23)18-10-17(20(27)28)24-16-9-13(21)8-15(22)19(16)18;/h2-5,8-9,17-18,24H,6-7,10,23H2,1H3,(H,27,28);1H/t17-,18+;/m0./s1. The lowest BCUT2D eigenvalue weighted by Gasteiger charge is -2.38. The first-order valence-electron chi connectivity index (χ1n) is 8.89. The summed E-state index contributed by atoms with van der Waals surface area (Å²) in [5.41, 5.74) is 8.51. The summed E-state index contributed by atoms with van der Waals surface area (Å²) >= 11 is 12.5. The van der Waals surface area contributed by atoms with Crippen LogP contribution in [0.1, 0.15) is 30.5 Å². The molecule has 0 aromatic heterocycles. The monoisotopic (exact) mass is 457 g/mol. The van der Waals surface area contributed by atoms with Gasteiger partial charge in [-0.2, -0.15) is 0 Å². The summed E-state index contributed by atoms with van der Waals surface area (Å²) < 4.78 is 0. The summed E-state index contributed by atoms with van der Waals surface area (Å²) in [4.78, 5) is 25.9. The van der Waals surface area contributed by atoms with Gasteiger partial charge in [0.25, 0.3) is 0 Å². The van der Waals surface area contributed by atoms with Gasteiger partial charge in [-0.25, -0.2) is 4.79 Å². The van der Waals surface area contributed by atoms with Gasteiger partial charge in [0.05, 0.1) is 6.04 Å². The van der Waals surface area contributed by atoms with Crippen molar-refractivity contribution < 1.29 is 14.7 Å². The minimum Gasteiger partial charge on any atom is -0.480 e. The zero-order valence-electron chi connectivity index (χ0n) is 15.7. The number of hydrogen-bond acceptors (Lipinski definition) is 4. The van der Waals surface area contributed by atoms with Crippen LogP contribution in [0.15, 0.2) is 36.4 Å². The third kappa shape index (κ3) is 4.95. The van der Waals surface area contributed by atoms with Gasteiger partial charge in [-0.3, -0.25) is 4.79 Å². The number of carbonyl (C=O) groups is 2. The number of hydrogen-bond donors (Lipinski definition) is 3. The number of nitrogens with zero attached hydrogens (tertiary/aromatic N) is 1. The molecule has 9 heteroatoms. The van der Waals surface area contributed by atoms with Crippen LogP contribution in [-0.4, -0.2) is 29.6 Å². The SMILES string of the molecule is CC(=O)N(c1ccc(CCN)cc1)[C@@H]1C[C@@H](C(=O)O)Nc2cc(Cl)cc(Cl)c21.Cl. The summed E-state index contributed by atoms with van der Waals surface area (Å²) in [6.45, 7) is 1.99. The minimum atomic E-state index is -1.01. The number of fused-ring (bicyclic) bond motifs is 1. The maximum absolute atomic E-state index is 12.6. The van der Waals surface area contributed by atoms with E-state index in [2.05, 4.69) is 5.32 Å². The summed E-state index contributed by atoms with van der Waals surface area (Å²) in [6.07, 6.45) is 0.912. The third-order valence-corrected chi connectivity index (χ3v) is 5.34. The van der Waals surface area contributed by atoms with Crippen LogP contribution in [0.4, 0.5) is 11.4 Å². The van der Waals surface area contributed by atoms with Crippen molar-refractivity contribution >= 4 is 58.9 Å². The van der Waals surface area contributed by atoms with Crippen LogP contribution < -0.4 is 16.0 Å². The van der Waals surface area contributed by atoms with E-state index in [0.29, 0.717) is 33.5 Å². The molecule has 6 nitrogen and oxygen atoms in total. The predicted molar refractivity (Wildman–Crippen MR) is 118 cm³/mol. The molecule has 3 rings (SSSR count). The lowest BCUT2D eigenvalue weighted by molar-refractivity contribution is -0.138. The Hall–Kier alpha value is -1.99. The second kappa shape index (κ2) is 9.67. The van der Waals surface area contributed by atoms with Gasteiger partial charge in [0, 0.05) is 40.3 Å². The molecule has 0 saturated carbocycles. The quantitative estimate of drug-likeness (QED) is 0.621. The Kier molecular flexibility index (Phi) is 7.77. The molecule has 1 aliphatic rings. The Morgan fingerprint density at radius 2 is 1.90 bits per heavy atom. The lowest BCUT2D eigenvalue weighted by atomic mass is 9.91. The fourth-order valence-corrected chi connectivity index (χ4v) is 4.22. The molecule has 0 aliphatic carbocycles. The highest BCUT2D eigenvalue weighted by molar-refractivity contribution is 6.35. The van der Waals surface area contributed by atoms with Crippen LogP contribution in [0.3, 0.4) is 0 Å². The van der Waals surface area contributed by atoms with Gasteiger partial charge < -0.3 is 21.1 Å². The Bertz CT molecular complexity index is 906. The molecule has 1 amide bonds. The molecule has 2 aromatic rings. The minimum absolute atomic E-state index is 0. The van der Waals surface area contributed by atoms with Crippen LogP contribution in [0.5, 0.6) is 0 Å². The maximum atomic E-state index is 12.6. The second-order valence-electron chi connectivity index (χ2n) is 6.73. The normalized spacial score (nSPS) is 17.5. The Labute approximate surface area is 185 Å². The van der Waals surface area contributed by atoms with Crippen LogP contribution in [0.25, 0.3) is 0 Å². The van der Waals surface area contributed by atoms with Crippen molar-refractivity contribution in [2.45, 2.75) is 31.8 Å². The van der Waals surface area contributed by atoms with E-state index < -0.39 is 18.1 Å². The van der Waals surface area contributed by atoms with Gasteiger partial charge in [0.1, 0.15) is 6.04 Å². The van der Waals surface area contributed by atoms with E-state index in [9.17, 15) is 14.7 Å². The van der Waals surface area contributed by atoms with Crippen molar-refractivity contribution in [1.82, 2.24) is 0 Å². The number of anilines is 2. The summed E-state index contributed by atoms with van der Waals surface area (Å²) in [6, 6.07) is 9.33. The van der Waals surface area contributed by atoms with Crippen molar-refractivity contribution in [3.05, 3.63) is 57.6 Å². The fraction of sp³-hybridized carbons (Fsp3) is 0.300. The van der Waals surface area contributed by atoms with E-state index >= 15 is 0 Å². The zero-order valence-corrected chi connectivity index (χ0v) is 18.0. The molecule has 0 unspecified atom stereocenters. The van der Waals surface area contributed by atoms with Crippen molar-refractivity contribution in [2.75, 3.05) is 16.8 Å². The molecule has 0 spiro atoms. The molecule has 0 radical (unpaired) electrons. The van der Waals surface area contributed by atoms with Crippen molar-refractivity contribution in [3.63, 3.8) is 0 Å².